The van der Waals surface area contributed by atoms with Gasteiger partial charge in [0, 0.05) is 38.4 Å². The number of halogens is 1. The summed E-state index contributed by atoms with van der Waals surface area (Å²) in [5, 5.41) is 9.31. The van der Waals surface area contributed by atoms with Crippen LogP contribution in [-0.2, 0) is 11.3 Å². The molecule has 0 aromatic heterocycles. The molecule has 0 unspecified atom stereocenters. The minimum absolute atomic E-state index is 0. The largest absolute Gasteiger partial charge is 0.444 e. The SMILES string of the molecule is CCNC(=NCc1ccc(N2CC=CC2)cc1)NCCCNC(=O)OC(C)(C)C.I. The molecule has 8 heteroatoms. The number of alkyl carbamates (subject to hydrolysis) is 1. The third-order valence-electron chi connectivity index (χ3n) is 4.20. The highest BCUT2D eigenvalue weighted by molar-refractivity contribution is 14.0. The number of nitrogens with one attached hydrogen (secondary N) is 3. The molecular weight excluding hydrogens is 493 g/mol. The van der Waals surface area contributed by atoms with Crippen LogP contribution in [0.15, 0.2) is 41.4 Å². The second-order valence-corrected chi connectivity index (χ2v) is 7.95. The Morgan fingerprint density at radius 3 is 2.30 bits per heavy atom. The van der Waals surface area contributed by atoms with E-state index >= 15 is 0 Å². The number of anilines is 1. The number of carbonyl (C=O) groups excluding carboxylic acids is 1. The third-order valence-corrected chi connectivity index (χ3v) is 4.20. The topological polar surface area (TPSA) is 78.0 Å². The highest BCUT2D eigenvalue weighted by atomic mass is 127. The van der Waals surface area contributed by atoms with Gasteiger partial charge in [-0.1, -0.05) is 24.3 Å². The lowest BCUT2D eigenvalue weighted by atomic mass is 10.2. The average molecular weight is 529 g/mol. The maximum absolute atomic E-state index is 11.6. The summed E-state index contributed by atoms with van der Waals surface area (Å²) in [7, 11) is 0. The van der Waals surface area contributed by atoms with Gasteiger partial charge in [0.1, 0.15) is 5.60 Å². The highest BCUT2D eigenvalue weighted by Gasteiger charge is 2.15. The number of ether oxygens (including phenoxy) is 1. The summed E-state index contributed by atoms with van der Waals surface area (Å²) in [6.07, 6.45) is 4.78. The Kier molecular flexibility index (Phi) is 11.6. The van der Waals surface area contributed by atoms with Crippen LogP contribution in [0.25, 0.3) is 0 Å². The van der Waals surface area contributed by atoms with Crippen molar-refractivity contribution in [1.29, 1.82) is 0 Å². The standard InChI is InChI=1S/C22H35N5O2.HI/c1-5-23-20(24-13-8-14-25-21(28)29-22(2,3)4)26-17-18-9-11-19(12-10-18)27-15-6-7-16-27;/h6-7,9-12H,5,8,13-17H2,1-4H3,(H,25,28)(H2,23,24,26);1H. The number of hydrogen-bond acceptors (Lipinski definition) is 4. The number of benzene rings is 1. The van der Waals surface area contributed by atoms with Crippen LogP contribution in [0.1, 0.15) is 39.7 Å². The number of hydrogen-bond donors (Lipinski definition) is 3. The van der Waals surface area contributed by atoms with Gasteiger partial charge in [0.05, 0.1) is 6.54 Å². The van der Waals surface area contributed by atoms with E-state index in [0.29, 0.717) is 19.6 Å². The first-order valence-corrected chi connectivity index (χ1v) is 10.4. The molecule has 1 amide bonds. The molecule has 0 saturated carbocycles. The lowest BCUT2D eigenvalue weighted by Gasteiger charge is -2.19. The van der Waals surface area contributed by atoms with Crippen molar-refractivity contribution < 1.29 is 9.53 Å². The van der Waals surface area contributed by atoms with Gasteiger partial charge in [-0.25, -0.2) is 9.79 Å². The second kappa shape index (κ2) is 13.4. The third kappa shape index (κ3) is 10.2. The molecule has 0 saturated heterocycles. The average Bonchev–Trinajstić information content (AvgIpc) is 3.19. The number of aliphatic imine (C=N–C) groups is 1. The molecule has 30 heavy (non-hydrogen) atoms. The molecule has 0 atom stereocenters. The zero-order valence-corrected chi connectivity index (χ0v) is 20.9. The van der Waals surface area contributed by atoms with Crippen molar-refractivity contribution >= 4 is 41.7 Å². The van der Waals surface area contributed by atoms with E-state index in [-0.39, 0.29) is 30.1 Å². The Bertz CT molecular complexity index is 690. The monoisotopic (exact) mass is 529 g/mol. The summed E-state index contributed by atoms with van der Waals surface area (Å²) in [5.74, 6) is 0.776. The maximum Gasteiger partial charge on any atom is 0.407 e. The Morgan fingerprint density at radius 1 is 1.07 bits per heavy atom. The van der Waals surface area contributed by atoms with Gasteiger partial charge in [-0.05, 0) is 51.8 Å². The van der Waals surface area contributed by atoms with Gasteiger partial charge in [0.15, 0.2) is 5.96 Å². The quantitative estimate of drug-likeness (QED) is 0.158. The van der Waals surface area contributed by atoms with E-state index in [1.807, 2.05) is 27.7 Å². The summed E-state index contributed by atoms with van der Waals surface area (Å²) in [4.78, 5) is 18.6. The maximum atomic E-state index is 11.6. The van der Waals surface area contributed by atoms with Crippen LogP contribution in [0.5, 0.6) is 0 Å². The van der Waals surface area contributed by atoms with Crippen LogP contribution in [-0.4, -0.2) is 50.4 Å². The van der Waals surface area contributed by atoms with Gasteiger partial charge >= 0.3 is 6.09 Å². The first-order valence-electron chi connectivity index (χ1n) is 10.4. The number of carbonyl (C=O) groups is 1. The van der Waals surface area contributed by atoms with Crippen LogP contribution in [0.4, 0.5) is 10.5 Å². The van der Waals surface area contributed by atoms with Gasteiger partial charge in [0.25, 0.3) is 0 Å². The van der Waals surface area contributed by atoms with E-state index < -0.39 is 5.60 Å². The zero-order chi connectivity index (χ0) is 21.1. The molecule has 1 heterocycles. The van der Waals surface area contributed by atoms with E-state index in [1.54, 1.807) is 0 Å². The fourth-order valence-electron chi connectivity index (χ4n) is 2.81. The van der Waals surface area contributed by atoms with E-state index in [0.717, 1.165) is 32.0 Å². The number of amides is 1. The fourth-order valence-corrected chi connectivity index (χ4v) is 2.81. The minimum atomic E-state index is -0.475. The summed E-state index contributed by atoms with van der Waals surface area (Å²) < 4.78 is 5.22. The van der Waals surface area contributed by atoms with Crippen molar-refractivity contribution in [2.45, 2.75) is 46.3 Å². The molecule has 3 N–H and O–H groups in total. The first kappa shape index (κ1) is 26.1. The van der Waals surface area contributed by atoms with Gasteiger partial charge < -0.3 is 25.6 Å². The molecule has 0 spiro atoms. The lowest BCUT2D eigenvalue weighted by molar-refractivity contribution is 0.0527. The molecule has 7 nitrogen and oxygen atoms in total. The van der Waals surface area contributed by atoms with Crippen molar-refractivity contribution in [3.05, 3.63) is 42.0 Å². The van der Waals surface area contributed by atoms with Gasteiger partial charge in [-0.3, -0.25) is 0 Å². The van der Waals surface area contributed by atoms with Crippen molar-refractivity contribution in [2.24, 2.45) is 4.99 Å². The van der Waals surface area contributed by atoms with E-state index in [9.17, 15) is 4.79 Å². The van der Waals surface area contributed by atoms with Crippen molar-refractivity contribution in [1.82, 2.24) is 16.0 Å². The minimum Gasteiger partial charge on any atom is -0.444 e. The number of guanidine groups is 1. The van der Waals surface area contributed by atoms with Crippen molar-refractivity contribution in [3.8, 4) is 0 Å². The highest BCUT2D eigenvalue weighted by Crippen LogP contribution is 2.17. The summed E-state index contributed by atoms with van der Waals surface area (Å²) in [5.41, 5.74) is 1.94. The van der Waals surface area contributed by atoms with Gasteiger partial charge in [0.2, 0.25) is 0 Å². The lowest BCUT2D eigenvalue weighted by Crippen LogP contribution is -2.39. The molecular formula is C22H36IN5O2. The molecule has 1 aliphatic rings. The Hall–Kier alpha value is -1.97. The predicted octanol–water partition coefficient (Wildman–Crippen LogP) is 3.65. The molecule has 1 aromatic rings. The first-order chi connectivity index (χ1) is 13.9. The molecule has 2 rings (SSSR count). The molecule has 0 bridgehead atoms. The molecule has 1 aliphatic heterocycles. The normalized spacial score (nSPS) is 13.6. The van der Waals surface area contributed by atoms with Crippen LogP contribution >= 0.6 is 24.0 Å². The van der Waals surface area contributed by atoms with Crippen LogP contribution < -0.4 is 20.9 Å². The van der Waals surface area contributed by atoms with Crippen LogP contribution in [0, 0.1) is 0 Å². The number of nitrogens with zero attached hydrogens (tertiary/aromatic N) is 2. The van der Waals surface area contributed by atoms with Crippen LogP contribution in [0.2, 0.25) is 0 Å². The second-order valence-electron chi connectivity index (χ2n) is 7.95. The summed E-state index contributed by atoms with van der Waals surface area (Å²) in [6.45, 7) is 12.2. The number of rotatable bonds is 8. The Balaban J connectivity index is 0.00000450. The van der Waals surface area contributed by atoms with Crippen LogP contribution in [0.3, 0.4) is 0 Å². The predicted molar refractivity (Wildman–Crippen MR) is 135 cm³/mol. The van der Waals surface area contributed by atoms with Gasteiger partial charge in [-0.2, -0.15) is 0 Å². The Labute approximate surface area is 197 Å². The molecule has 0 fully saturated rings. The fraction of sp³-hybridized carbons (Fsp3) is 0.545. The van der Waals surface area contributed by atoms with E-state index in [2.05, 4.69) is 62.3 Å². The van der Waals surface area contributed by atoms with E-state index in [4.69, 9.17) is 4.74 Å². The Morgan fingerprint density at radius 2 is 1.70 bits per heavy atom. The smallest absolute Gasteiger partial charge is 0.407 e. The van der Waals surface area contributed by atoms with Crippen molar-refractivity contribution in [3.63, 3.8) is 0 Å². The molecule has 0 aliphatic carbocycles. The van der Waals surface area contributed by atoms with E-state index in [1.165, 1.54) is 11.3 Å². The molecule has 1 aromatic carbocycles. The molecule has 0 radical (unpaired) electrons. The summed E-state index contributed by atoms with van der Waals surface area (Å²) in [6, 6.07) is 8.57. The summed E-state index contributed by atoms with van der Waals surface area (Å²) >= 11 is 0. The van der Waals surface area contributed by atoms with Gasteiger partial charge in [-0.15, -0.1) is 24.0 Å². The van der Waals surface area contributed by atoms with Crippen molar-refractivity contribution in [2.75, 3.05) is 37.6 Å². The zero-order valence-electron chi connectivity index (χ0n) is 18.5. The molecule has 168 valence electrons.